The summed E-state index contributed by atoms with van der Waals surface area (Å²) in [5, 5.41) is -0.233. The van der Waals surface area contributed by atoms with E-state index < -0.39 is 29.1 Å². The van der Waals surface area contributed by atoms with Gasteiger partial charge < -0.3 is 9.32 Å². The monoisotopic (exact) mass is 508 g/mol. The number of carbonyl (C=O) groups excluding carboxylic acids is 1. The molecule has 0 atom stereocenters. The van der Waals surface area contributed by atoms with Crippen LogP contribution in [0.4, 0.5) is 17.6 Å². The van der Waals surface area contributed by atoms with Crippen LogP contribution >= 0.6 is 11.6 Å². The number of alkyl halides is 3. The molecule has 1 aliphatic rings. The standard InChI is InChI=1S/C24H21ClF4N4O2/c1-3-4-18(26)19(30-2)14-5-8-32(9-6-14)23(34)20-21(25)33-12-16(15-7-10-35-13-15)11-17(22(33)31-20)24(27,28)29/h4-5,7,10-13H,3,6,8-9H2,1-2H3/b18-4+,30-19?. The number of imidazole rings is 1. The van der Waals surface area contributed by atoms with Crippen molar-refractivity contribution in [3.63, 3.8) is 0 Å². The van der Waals surface area contributed by atoms with Crippen LogP contribution in [0.1, 0.15) is 35.8 Å². The molecular weight excluding hydrogens is 488 g/mol. The third kappa shape index (κ3) is 4.75. The van der Waals surface area contributed by atoms with Gasteiger partial charge in [-0.1, -0.05) is 24.6 Å². The number of furan rings is 1. The van der Waals surface area contributed by atoms with Crippen molar-refractivity contribution in [2.75, 3.05) is 20.1 Å². The van der Waals surface area contributed by atoms with E-state index >= 15 is 0 Å². The molecular formula is C24H21ClF4N4O2. The lowest BCUT2D eigenvalue weighted by Gasteiger charge is -2.26. The van der Waals surface area contributed by atoms with Crippen LogP contribution in [0.25, 0.3) is 16.8 Å². The summed E-state index contributed by atoms with van der Waals surface area (Å²) in [5.41, 5.74) is -0.286. The Kier molecular flexibility index (Phi) is 6.84. The summed E-state index contributed by atoms with van der Waals surface area (Å²) in [6, 6.07) is 2.46. The van der Waals surface area contributed by atoms with Crippen LogP contribution in [0.5, 0.6) is 0 Å². The number of fused-ring (bicyclic) bond motifs is 1. The summed E-state index contributed by atoms with van der Waals surface area (Å²) < 4.78 is 61.8. The van der Waals surface area contributed by atoms with Crippen LogP contribution < -0.4 is 0 Å². The van der Waals surface area contributed by atoms with Gasteiger partial charge in [0.15, 0.2) is 11.3 Å². The Labute approximate surface area is 203 Å². The molecule has 0 aliphatic carbocycles. The van der Waals surface area contributed by atoms with Gasteiger partial charge in [0.05, 0.1) is 23.8 Å². The van der Waals surface area contributed by atoms with Crippen molar-refractivity contribution in [3.05, 3.63) is 70.8 Å². The molecule has 1 aliphatic heterocycles. The molecule has 0 saturated carbocycles. The average molecular weight is 509 g/mol. The second-order valence-electron chi connectivity index (χ2n) is 7.86. The molecule has 0 radical (unpaired) electrons. The van der Waals surface area contributed by atoms with Crippen LogP contribution in [0, 0.1) is 0 Å². The fraction of sp³-hybridized carbons (Fsp3) is 0.292. The molecule has 0 saturated heterocycles. The van der Waals surface area contributed by atoms with Crippen LogP contribution in [-0.2, 0) is 6.18 Å². The van der Waals surface area contributed by atoms with Gasteiger partial charge in [0.1, 0.15) is 11.0 Å². The molecule has 0 aromatic carbocycles. The van der Waals surface area contributed by atoms with Crippen LogP contribution in [0.3, 0.4) is 0 Å². The number of nitrogens with zero attached hydrogens (tertiary/aromatic N) is 4. The first-order valence-electron chi connectivity index (χ1n) is 10.8. The molecule has 0 unspecified atom stereocenters. The smallest absolute Gasteiger partial charge is 0.420 e. The molecule has 3 aromatic heterocycles. The molecule has 35 heavy (non-hydrogen) atoms. The van der Waals surface area contributed by atoms with E-state index in [0.29, 0.717) is 24.0 Å². The van der Waals surface area contributed by atoms with Crippen molar-refractivity contribution in [2.24, 2.45) is 4.99 Å². The van der Waals surface area contributed by atoms with Crippen molar-refractivity contribution < 1.29 is 26.8 Å². The highest BCUT2D eigenvalue weighted by Crippen LogP contribution is 2.37. The number of amides is 1. The normalized spacial score (nSPS) is 15.6. The second kappa shape index (κ2) is 9.69. The number of hydrogen-bond donors (Lipinski definition) is 0. The van der Waals surface area contributed by atoms with Crippen LogP contribution in [0.15, 0.2) is 63.8 Å². The number of pyridine rings is 1. The molecule has 11 heteroatoms. The van der Waals surface area contributed by atoms with Crippen molar-refractivity contribution >= 4 is 28.9 Å². The Balaban J connectivity index is 1.69. The molecule has 184 valence electrons. The van der Waals surface area contributed by atoms with Gasteiger partial charge in [0.25, 0.3) is 5.91 Å². The maximum atomic E-state index is 14.3. The van der Waals surface area contributed by atoms with Crippen LogP contribution in [0.2, 0.25) is 5.15 Å². The molecule has 0 bridgehead atoms. The number of aromatic nitrogens is 2. The summed E-state index contributed by atoms with van der Waals surface area (Å²) in [4.78, 5) is 22.6. The lowest BCUT2D eigenvalue weighted by atomic mass is 10.0. The van der Waals surface area contributed by atoms with Gasteiger partial charge in [-0.15, -0.1) is 0 Å². The fourth-order valence-corrected chi connectivity index (χ4v) is 4.20. The highest BCUT2D eigenvalue weighted by Gasteiger charge is 2.36. The number of aliphatic imine (C=N–C) groups is 1. The first-order chi connectivity index (χ1) is 16.7. The van der Waals surface area contributed by atoms with E-state index in [0.717, 1.165) is 10.5 Å². The summed E-state index contributed by atoms with van der Waals surface area (Å²) >= 11 is 6.38. The largest absolute Gasteiger partial charge is 0.472 e. The molecule has 0 N–H and O–H groups in total. The van der Waals surface area contributed by atoms with Crippen molar-refractivity contribution in [3.8, 4) is 11.1 Å². The minimum absolute atomic E-state index is 0.114. The summed E-state index contributed by atoms with van der Waals surface area (Å²) in [7, 11) is 1.49. The predicted molar refractivity (Wildman–Crippen MR) is 124 cm³/mol. The zero-order chi connectivity index (χ0) is 25.3. The Morgan fingerprint density at radius 2 is 2.11 bits per heavy atom. The van der Waals surface area contributed by atoms with E-state index in [1.54, 1.807) is 6.08 Å². The Hall–Kier alpha value is -3.40. The second-order valence-corrected chi connectivity index (χ2v) is 8.22. The van der Waals surface area contributed by atoms with E-state index in [2.05, 4.69) is 9.98 Å². The Morgan fingerprint density at radius 1 is 1.34 bits per heavy atom. The predicted octanol–water partition coefficient (Wildman–Crippen LogP) is 6.37. The summed E-state index contributed by atoms with van der Waals surface area (Å²) in [6.45, 7) is 2.13. The van der Waals surface area contributed by atoms with Crippen molar-refractivity contribution in [2.45, 2.75) is 25.9 Å². The fourth-order valence-electron chi connectivity index (χ4n) is 3.95. The zero-order valence-corrected chi connectivity index (χ0v) is 19.6. The van der Waals surface area contributed by atoms with Gasteiger partial charge in [-0.3, -0.25) is 14.2 Å². The third-order valence-electron chi connectivity index (χ3n) is 5.66. The quantitative estimate of drug-likeness (QED) is 0.297. The summed E-state index contributed by atoms with van der Waals surface area (Å²) in [5.74, 6) is -1.05. The first-order valence-corrected chi connectivity index (χ1v) is 11.2. The van der Waals surface area contributed by atoms with E-state index in [9.17, 15) is 22.4 Å². The van der Waals surface area contributed by atoms with E-state index in [1.165, 1.54) is 42.8 Å². The Bertz CT molecular complexity index is 1350. The molecule has 0 spiro atoms. The van der Waals surface area contributed by atoms with Gasteiger partial charge >= 0.3 is 6.18 Å². The third-order valence-corrected chi connectivity index (χ3v) is 6.02. The van der Waals surface area contributed by atoms with Crippen LogP contribution in [-0.4, -0.2) is 46.0 Å². The molecule has 0 fully saturated rings. The van der Waals surface area contributed by atoms with Gasteiger partial charge in [-0.25, -0.2) is 9.37 Å². The van der Waals surface area contributed by atoms with Gasteiger partial charge in [0.2, 0.25) is 0 Å². The molecule has 4 heterocycles. The molecule has 3 aromatic rings. The maximum absolute atomic E-state index is 14.3. The SMILES string of the molecule is CC/C=C(/F)C(=NC)C1=CCN(C(=O)c2nc3c(C(F)(F)F)cc(-c4ccoc4)cn3c2Cl)CC1. The highest BCUT2D eigenvalue weighted by molar-refractivity contribution is 6.33. The topological polar surface area (TPSA) is 63.1 Å². The highest BCUT2D eigenvalue weighted by atomic mass is 35.5. The number of carbonyl (C=O) groups is 1. The molecule has 6 nitrogen and oxygen atoms in total. The van der Waals surface area contributed by atoms with E-state index in [1.807, 2.05) is 6.92 Å². The number of allylic oxidation sites excluding steroid dienone is 2. The van der Waals surface area contributed by atoms with E-state index in [4.69, 9.17) is 16.0 Å². The average Bonchev–Trinajstić information content (AvgIpc) is 3.47. The number of rotatable bonds is 5. The maximum Gasteiger partial charge on any atom is 0.420 e. The lowest BCUT2D eigenvalue weighted by molar-refractivity contribution is -0.136. The first kappa shape index (κ1) is 24.7. The van der Waals surface area contributed by atoms with E-state index in [-0.39, 0.29) is 35.2 Å². The number of hydrogen-bond acceptors (Lipinski definition) is 4. The van der Waals surface area contributed by atoms with Gasteiger partial charge in [-0.2, -0.15) is 13.2 Å². The lowest BCUT2D eigenvalue weighted by Crippen LogP contribution is -2.36. The zero-order valence-electron chi connectivity index (χ0n) is 18.9. The van der Waals surface area contributed by atoms with Crippen molar-refractivity contribution in [1.82, 2.24) is 14.3 Å². The van der Waals surface area contributed by atoms with Gasteiger partial charge in [-0.05, 0) is 36.6 Å². The Morgan fingerprint density at radius 3 is 2.69 bits per heavy atom. The summed E-state index contributed by atoms with van der Waals surface area (Å²) in [6.07, 6.45) is 3.23. The molecule has 1 amide bonds. The van der Waals surface area contributed by atoms with Crippen molar-refractivity contribution in [1.29, 1.82) is 0 Å². The molecule has 4 rings (SSSR count). The number of halogens is 5. The minimum Gasteiger partial charge on any atom is -0.472 e. The minimum atomic E-state index is -4.73. The van der Waals surface area contributed by atoms with Gasteiger partial charge in [0, 0.05) is 37.5 Å².